The largest absolute Gasteiger partial charge is 0.459 e. The first-order valence-corrected chi connectivity index (χ1v) is 8.23. The van der Waals surface area contributed by atoms with Crippen molar-refractivity contribution in [2.45, 2.75) is 32.5 Å². The van der Waals surface area contributed by atoms with Crippen LogP contribution in [0.5, 0.6) is 5.75 Å². The van der Waals surface area contributed by atoms with Crippen molar-refractivity contribution in [3.05, 3.63) is 74.9 Å². The molecule has 3 rings (SSSR count). The van der Waals surface area contributed by atoms with E-state index in [2.05, 4.69) is 0 Å². The molecule has 1 atom stereocenters. The van der Waals surface area contributed by atoms with Gasteiger partial charge in [0, 0.05) is 6.07 Å². The van der Waals surface area contributed by atoms with Crippen molar-refractivity contribution >= 4 is 5.97 Å². The van der Waals surface area contributed by atoms with E-state index >= 15 is 0 Å². The number of ether oxygens (including phenoxy) is 2. The third-order valence-corrected chi connectivity index (χ3v) is 3.93. The average Bonchev–Trinajstić information content (AvgIpc) is 2.61. The number of hydrogen-bond donors (Lipinski definition) is 2. The van der Waals surface area contributed by atoms with E-state index in [1.54, 1.807) is 13.8 Å². The lowest BCUT2D eigenvalue weighted by Gasteiger charge is -2.27. The van der Waals surface area contributed by atoms with Gasteiger partial charge in [-0.2, -0.15) is 0 Å². The van der Waals surface area contributed by atoms with Crippen molar-refractivity contribution in [3.63, 3.8) is 0 Å². The topological polar surface area (TPSA) is 112 Å². The van der Waals surface area contributed by atoms with Crippen LogP contribution >= 0.6 is 0 Å². The minimum absolute atomic E-state index is 0.00786. The van der Waals surface area contributed by atoms with Gasteiger partial charge in [0.1, 0.15) is 23.8 Å². The Bertz CT molecular complexity index is 961. The third-order valence-electron chi connectivity index (χ3n) is 3.93. The molecule has 2 heterocycles. The van der Waals surface area contributed by atoms with Gasteiger partial charge in [-0.15, -0.1) is 0 Å². The van der Waals surface area contributed by atoms with Crippen molar-refractivity contribution in [3.8, 4) is 5.75 Å². The molecular weight excluding hydrogens is 357 g/mol. The fraction of sp³-hybridized carbons (Fsp3) is 0.263. The van der Waals surface area contributed by atoms with Crippen molar-refractivity contribution < 1.29 is 28.2 Å². The SMILES string of the molecule is CC(C)OC(=O)C1=C(N)Oc2c(oc(CO)cc2=O)C1c1ccc(F)cc1. The van der Waals surface area contributed by atoms with E-state index < -0.39 is 35.8 Å². The molecule has 0 amide bonds. The van der Waals surface area contributed by atoms with E-state index in [1.807, 2.05) is 0 Å². The van der Waals surface area contributed by atoms with E-state index in [1.165, 1.54) is 24.3 Å². The summed E-state index contributed by atoms with van der Waals surface area (Å²) in [6.45, 7) is 2.82. The quantitative estimate of drug-likeness (QED) is 0.785. The van der Waals surface area contributed by atoms with Gasteiger partial charge in [-0.3, -0.25) is 4.79 Å². The normalized spacial score (nSPS) is 16.1. The number of carbonyl (C=O) groups is 1. The number of fused-ring (bicyclic) bond motifs is 1. The summed E-state index contributed by atoms with van der Waals surface area (Å²) in [6.07, 6.45) is -0.427. The Hall–Kier alpha value is -3.13. The van der Waals surface area contributed by atoms with Crippen LogP contribution in [0.3, 0.4) is 0 Å². The highest BCUT2D eigenvalue weighted by atomic mass is 19.1. The lowest BCUT2D eigenvalue weighted by atomic mass is 9.86. The molecule has 0 saturated carbocycles. The first-order valence-electron chi connectivity index (χ1n) is 8.23. The van der Waals surface area contributed by atoms with Crippen LogP contribution in [-0.4, -0.2) is 17.2 Å². The molecule has 1 aliphatic rings. The maximum Gasteiger partial charge on any atom is 0.340 e. The van der Waals surface area contributed by atoms with Crippen LogP contribution in [0.25, 0.3) is 0 Å². The van der Waals surface area contributed by atoms with E-state index in [-0.39, 0.29) is 28.7 Å². The highest BCUT2D eigenvalue weighted by Gasteiger charge is 2.39. The maximum atomic E-state index is 13.4. The minimum atomic E-state index is -0.959. The van der Waals surface area contributed by atoms with Gasteiger partial charge in [0.2, 0.25) is 17.1 Å². The van der Waals surface area contributed by atoms with Gasteiger partial charge < -0.3 is 24.7 Å². The van der Waals surface area contributed by atoms with Crippen LogP contribution in [0.2, 0.25) is 0 Å². The Morgan fingerprint density at radius 2 is 2.00 bits per heavy atom. The number of hydrogen-bond acceptors (Lipinski definition) is 7. The maximum absolute atomic E-state index is 13.4. The fourth-order valence-corrected chi connectivity index (χ4v) is 2.83. The highest BCUT2D eigenvalue weighted by molar-refractivity contribution is 5.92. The van der Waals surface area contributed by atoms with Crippen molar-refractivity contribution in [2.75, 3.05) is 0 Å². The molecular formula is C19H18FNO6. The van der Waals surface area contributed by atoms with E-state index in [0.717, 1.165) is 6.07 Å². The predicted molar refractivity (Wildman–Crippen MR) is 92.2 cm³/mol. The van der Waals surface area contributed by atoms with Gasteiger partial charge in [-0.25, -0.2) is 9.18 Å². The molecule has 2 aromatic rings. The summed E-state index contributed by atoms with van der Waals surface area (Å²) in [5.74, 6) is -2.69. The van der Waals surface area contributed by atoms with Crippen LogP contribution < -0.4 is 15.9 Å². The second kappa shape index (κ2) is 7.24. The standard InChI is InChI=1S/C19H18FNO6/c1-9(2)25-19(24)15-14(10-3-5-11(20)6-4-10)17-16(27-18(15)21)13(23)7-12(8-22)26-17/h3-7,9,14,22H,8,21H2,1-2H3. The Morgan fingerprint density at radius 1 is 1.33 bits per heavy atom. The number of nitrogens with two attached hydrogens (primary N) is 1. The number of aliphatic hydroxyl groups is 1. The molecule has 0 spiro atoms. The Kier molecular flexibility index (Phi) is 5.00. The molecule has 142 valence electrons. The average molecular weight is 375 g/mol. The number of carbonyl (C=O) groups excluding carboxylic acids is 1. The molecule has 3 N–H and O–H groups in total. The van der Waals surface area contributed by atoms with E-state index in [9.17, 15) is 19.1 Å². The first kappa shape index (κ1) is 18.7. The van der Waals surface area contributed by atoms with Gasteiger partial charge >= 0.3 is 5.97 Å². The highest BCUT2D eigenvalue weighted by Crippen LogP contribution is 2.41. The summed E-state index contributed by atoms with van der Waals surface area (Å²) in [7, 11) is 0. The Labute approximate surface area is 153 Å². The summed E-state index contributed by atoms with van der Waals surface area (Å²) >= 11 is 0. The zero-order valence-corrected chi connectivity index (χ0v) is 14.7. The van der Waals surface area contributed by atoms with Gasteiger partial charge in [-0.1, -0.05) is 12.1 Å². The smallest absolute Gasteiger partial charge is 0.340 e. The van der Waals surface area contributed by atoms with E-state index in [0.29, 0.717) is 5.56 Å². The number of rotatable bonds is 4. The molecule has 0 bridgehead atoms. The molecule has 1 unspecified atom stereocenters. The van der Waals surface area contributed by atoms with Gasteiger partial charge in [0.05, 0.1) is 12.0 Å². The second-order valence-corrected chi connectivity index (χ2v) is 6.25. The minimum Gasteiger partial charge on any atom is -0.459 e. The van der Waals surface area contributed by atoms with Crippen LogP contribution in [0, 0.1) is 5.82 Å². The van der Waals surface area contributed by atoms with Gasteiger partial charge in [0.25, 0.3) is 0 Å². The molecule has 27 heavy (non-hydrogen) atoms. The van der Waals surface area contributed by atoms with Crippen LogP contribution in [0.1, 0.15) is 36.8 Å². The molecule has 8 heteroatoms. The van der Waals surface area contributed by atoms with Crippen LogP contribution in [0.15, 0.2) is 51.0 Å². The lowest BCUT2D eigenvalue weighted by Crippen LogP contribution is -2.31. The zero-order chi connectivity index (χ0) is 19.7. The zero-order valence-electron chi connectivity index (χ0n) is 14.7. The summed E-state index contributed by atoms with van der Waals surface area (Å²) < 4.78 is 29.6. The number of aliphatic hydroxyl groups excluding tert-OH is 1. The molecule has 0 aliphatic carbocycles. The molecule has 1 aliphatic heterocycles. The molecule has 1 aromatic heterocycles. The number of esters is 1. The van der Waals surface area contributed by atoms with E-state index in [4.69, 9.17) is 19.6 Å². The molecule has 0 saturated heterocycles. The number of benzene rings is 1. The van der Waals surface area contributed by atoms with Gasteiger partial charge in [-0.05, 0) is 31.5 Å². The van der Waals surface area contributed by atoms with Crippen molar-refractivity contribution in [2.24, 2.45) is 5.73 Å². The third kappa shape index (κ3) is 3.56. The fourth-order valence-electron chi connectivity index (χ4n) is 2.83. The summed E-state index contributed by atoms with van der Waals surface area (Å²) in [6, 6.07) is 6.37. The van der Waals surface area contributed by atoms with Crippen LogP contribution in [-0.2, 0) is 16.1 Å². The molecule has 7 nitrogen and oxygen atoms in total. The Morgan fingerprint density at radius 3 is 2.59 bits per heavy atom. The second-order valence-electron chi connectivity index (χ2n) is 6.25. The number of halogens is 1. The molecule has 1 aromatic carbocycles. The first-order chi connectivity index (χ1) is 12.8. The van der Waals surface area contributed by atoms with Crippen LogP contribution in [0.4, 0.5) is 4.39 Å². The summed E-state index contributed by atoms with van der Waals surface area (Å²) in [4.78, 5) is 25.0. The lowest BCUT2D eigenvalue weighted by molar-refractivity contribution is -0.143. The Balaban J connectivity index is 2.24. The monoisotopic (exact) mass is 375 g/mol. The van der Waals surface area contributed by atoms with Crippen molar-refractivity contribution in [1.29, 1.82) is 0 Å². The summed E-state index contributed by atoms with van der Waals surface area (Å²) in [5.41, 5.74) is 5.73. The summed E-state index contributed by atoms with van der Waals surface area (Å²) in [5, 5.41) is 9.35. The molecule has 0 fully saturated rings. The predicted octanol–water partition coefficient (Wildman–Crippen LogP) is 1.92. The van der Waals surface area contributed by atoms with Crippen molar-refractivity contribution in [1.82, 2.24) is 0 Å². The molecule has 0 radical (unpaired) electrons. The van der Waals surface area contributed by atoms with Gasteiger partial charge in [0.15, 0.2) is 5.76 Å².